The Morgan fingerprint density at radius 2 is 1.83 bits per heavy atom. The summed E-state index contributed by atoms with van der Waals surface area (Å²) in [5, 5.41) is 0. The maximum Gasteiger partial charge on any atom is 0.227 e. The van der Waals surface area contributed by atoms with Crippen LogP contribution in [0.15, 0.2) is 48.8 Å². The first-order valence-corrected chi connectivity index (χ1v) is 8.13. The van der Waals surface area contributed by atoms with Gasteiger partial charge in [-0.1, -0.05) is 17.7 Å². The number of carbonyl (C=O) groups excluding carboxylic acids is 1. The zero-order chi connectivity index (χ0) is 16.2. The Kier molecular flexibility index (Phi) is 4.60. The molecular weight excluding hydrogens is 286 g/mol. The molecule has 23 heavy (non-hydrogen) atoms. The SMILES string of the molecule is Cc1ccc(N2CCN(C(=O)Cc3ccncc3)C(C)C2)cc1. The topological polar surface area (TPSA) is 36.4 Å². The van der Waals surface area contributed by atoms with Crippen LogP contribution in [0.3, 0.4) is 0 Å². The van der Waals surface area contributed by atoms with Crippen LogP contribution in [0.5, 0.6) is 0 Å². The van der Waals surface area contributed by atoms with Crippen molar-refractivity contribution in [3.8, 4) is 0 Å². The number of amides is 1. The van der Waals surface area contributed by atoms with E-state index in [1.807, 2.05) is 17.0 Å². The van der Waals surface area contributed by atoms with Crippen LogP contribution in [0.4, 0.5) is 5.69 Å². The number of pyridine rings is 1. The van der Waals surface area contributed by atoms with E-state index >= 15 is 0 Å². The van der Waals surface area contributed by atoms with Gasteiger partial charge in [-0.2, -0.15) is 0 Å². The van der Waals surface area contributed by atoms with Gasteiger partial charge in [0.2, 0.25) is 5.91 Å². The summed E-state index contributed by atoms with van der Waals surface area (Å²) in [5.74, 6) is 0.201. The van der Waals surface area contributed by atoms with Crippen molar-refractivity contribution in [3.63, 3.8) is 0 Å². The Labute approximate surface area is 137 Å². The van der Waals surface area contributed by atoms with Crippen LogP contribution in [0.2, 0.25) is 0 Å². The van der Waals surface area contributed by atoms with E-state index in [4.69, 9.17) is 0 Å². The van der Waals surface area contributed by atoms with Gasteiger partial charge in [0.15, 0.2) is 0 Å². The van der Waals surface area contributed by atoms with E-state index in [9.17, 15) is 4.79 Å². The van der Waals surface area contributed by atoms with Gasteiger partial charge in [0.25, 0.3) is 0 Å². The van der Waals surface area contributed by atoms with Crippen molar-refractivity contribution in [1.82, 2.24) is 9.88 Å². The highest BCUT2D eigenvalue weighted by Crippen LogP contribution is 2.20. The van der Waals surface area contributed by atoms with Crippen LogP contribution in [-0.4, -0.2) is 41.5 Å². The number of aryl methyl sites for hydroxylation is 1. The number of hydrogen-bond donors (Lipinski definition) is 0. The molecule has 1 aliphatic heterocycles. The molecule has 0 N–H and O–H groups in total. The summed E-state index contributed by atoms with van der Waals surface area (Å²) in [5.41, 5.74) is 3.54. The standard InChI is InChI=1S/C19H23N3O/c1-15-3-5-18(6-4-15)21-11-12-22(16(2)14-21)19(23)13-17-7-9-20-10-8-17/h3-10,16H,11-14H2,1-2H3. The minimum Gasteiger partial charge on any atom is -0.368 e. The second kappa shape index (κ2) is 6.82. The smallest absolute Gasteiger partial charge is 0.227 e. The number of rotatable bonds is 3. The van der Waals surface area contributed by atoms with E-state index in [1.165, 1.54) is 11.3 Å². The maximum absolute atomic E-state index is 12.6. The van der Waals surface area contributed by atoms with Crippen molar-refractivity contribution in [2.75, 3.05) is 24.5 Å². The largest absolute Gasteiger partial charge is 0.368 e. The molecule has 120 valence electrons. The number of aromatic nitrogens is 1. The number of nitrogens with zero attached hydrogens (tertiary/aromatic N) is 3. The molecule has 4 nitrogen and oxygen atoms in total. The molecule has 0 saturated carbocycles. The van der Waals surface area contributed by atoms with Crippen molar-refractivity contribution in [1.29, 1.82) is 0 Å². The fourth-order valence-corrected chi connectivity index (χ4v) is 3.10. The third-order valence-electron chi connectivity index (χ3n) is 4.45. The lowest BCUT2D eigenvalue weighted by Gasteiger charge is -2.41. The molecule has 2 aromatic rings. The van der Waals surface area contributed by atoms with Crippen LogP contribution in [-0.2, 0) is 11.2 Å². The fourth-order valence-electron chi connectivity index (χ4n) is 3.10. The molecule has 1 aliphatic rings. The lowest BCUT2D eigenvalue weighted by atomic mass is 10.1. The molecule has 0 aliphatic carbocycles. The Morgan fingerprint density at radius 1 is 1.13 bits per heavy atom. The fraction of sp³-hybridized carbons (Fsp3) is 0.368. The van der Waals surface area contributed by atoms with E-state index in [0.717, 1.165) is 25.2 Å². The van der Waals surface area contributed by atoms with Crippen molar-refractivity contribution in [3.05, 3.63) is 59.9 Å². The highest BCUT2D eigenvalue weighted by Gasteiger charge is 2.27. The van der Waals surface area contributed by atoms with E-state index in [2.05, 4.69) is 48.0 Å². The van der Waals surface area contributed by atoms with E-state index in [-0.39, 0.29) is 11.9 Å². The van der Waals surface area contributed by atoms with Crippen LogP contribution in [0.25, 0.3) is 0 Å². The molecule has 1 unspecified atom stereocenters. The molecule has 1 atom stereocenters. The summed E-state index contributed by atoms with van der Waals surface area (Å²) < 4.78 is 0. The normalized spacial score (nSPS) is 18.1. The summed E-state index contributed by atoms with van der Waals surface area (Å²) in [6, 6.07) is 12.6. The molecule has 0 spiro atoms. The van der Waals surface area contributed by atoms with E-state index < -0.39 is 0 Å². The van der Waals surface area contributed by atoms with Gasteiger partial charge < -0.3 is 9.80 Å². The van der Waals surface area contributed by atoms with Crippen LogP contribution in [0, 0.1) is 6.92 Å². The highest BCUT2D eigenvalue weighted by molar-refractivity contribution is 5.79. The maximum atomic E-state index is 12.6. The Bertz CT molecular complexity index is 654. The Balaban J connectivity index is 1.62. The summed E-state index contributed by atoms with van der Waals surface area (Å²) in [7, 11) is 0. The van der Waals surface area contributed by atoms with Crippen LogP contribution in [0.1, 0.15) is 18.1 Å². The first-order valence-electron chi connectivity index (χ1n) is 8.13. The van der Waals surface area contributed by atoms with Gasteiger partial charge in [0.05, 0.1) is 6.42 Å². The van der Waals surface area contributed by atoms with Crippen LogP contribution < -0.4 is 4.90 Å². The zero-order valence-electron chi connectivity index (χ0n) is 13.8. The minimum absolute atomic E-state index is 0.201. The first kappa shape index (κ1) is 15.5. The number of carbonyl (C=O) groups is 1. The molecule has 1 fully saturated rings. The molecule has 3 rings (SSSR count). The predicted molar refractivity (Wildman–Crippen MR) is 92.5 cm³/mol. The van der Waals surface area contributed by atoms with Crippen molar-refractivity contribution >= 4 is 11.6 Å². The second-order valence-corrected chi connectivity index (χ2v) is 6.25. The average Bonchev–Trinajstić information content (AvgIpc) is 2.56. The molecule has 2 heterocycles. The first-order chi connectivity index (χ1) is 11.1. The second-order valence-electron chi connectivity index (χ2n) is 6.25. The van der Waals surface area contributed by atoms with Gasteiger partial charge >= 0.3 is 0 Å². The molecule has 4 heteroatoms. The summed E-state index contributed by atoms with van der Waals surface area (Å²) in [4.78, 5) is 20.9. The third-order valence-corrected chi connectivity index (χ3v) is 4.45. The summed E-state index contributed by atoms with van der Waals surface area (Å²) in [6.45, 7) is 6.77. The molecule has 1 aromatic carbocycles. The van der Waals surface area contributed by atoms with Crippen LogP contribution >= 0.6 is 0 Å². The summed E-state index contributed by atoms with van der Waals surface area (Å²) >= 11 is 0. The zero-order valence-corrected chi connectivity index (χ0v) is 13.8. The molecule has 0 bridgehead atoms. The molecule has 1 saturated heterocycles. The van der Waals surface area contributed by atoms with Crippen molar-refractivity contribution in [2.24, 2.45) is 0 Å². The molecular formula is C19H23N3O. The Morgan fingerprint density at radius 3 is 2.48 bits per heavy atom. The van der Waals surface area contributed by atoms with Gasteiger partial charge in [-0.3, -0.25) is 9.78 Å². The molecule has 0 radical (unpaired) electrons. The lowest BCUT2D eigenvalue weighted by Crippen LogP contribution is -2.54. The van der Waals surface area contributed by atoms with E-state index in [0.29, 0.717) is 6.42 Å². The quantitative estimate of drug-likeness (QED) is 0.874. The average molecular weight is 309 g/mol. The summed E-state index contributed by atoms with van der Waals surface area (Å²) in [6.07, 6.45) is 3.93. The van der Waals surface area contributed by atoms with Gasteiger partial charge in [-0.05, 0) is 43.7 Å². The van der Waals surface area contributed by atoms with Crippen molar-refractivity contribution < 1.29 is 4.79 Å². The Hall–Kier alpha value is -2.36. The number of benzene rings is 1. The number of piperazine rings is 1. The van der Waals surface area contributed by atoms with Gasteiger partial charge in [0.1, 0.15) is 0 Å². The molecule has 1 amide bonds. The monoisotopic (exact) mass is 309 g/mol. The minimum atomic E-state index is 0.201. The molecule has 1 aromatic heterocycles. The third kappa shape index (κ3) is 3.70. The van der Waals surface area contributed by atoms with Gasteiger partial charge in [-0.25, -0.2) is 0 Å². The van der Waals surface area contributed by atoms with E-state index in [1.54, 1.807) is 12.4 Å². The van der Waals surface area contributed by atoms with Gasteiger partial charge in [-0.15, -0.1) is 0 Å². The highest BCUT2D eigenvalue weighted by atomic mass is 16.2. The van der Waals surface area contributed by atoms with Gasteiger partial charge in [0, 0.05) is 43.8 Å². The predicted octanol–water partition coefficient (Wildman–Crippen LogP) is 2.67. The number of anilines is 1. The number of hydrogen-bond acceptors (Lipinski definition) is 3. The van der Waals surface area contributed by atoms with Crippen molar-refractivity contribution in [2.45, 2.75) is 26.3 Å². The lowest BCUT2D eigenvalue weighted by molar-refractivity contribution is -0.132.